The number of fused-ring (bicyclic) bond motifs is 1. The summed E-state index contributed by atoms with van der Waals surface area (Å²) in [6.07, 6.45) is 2.92. The van der Waals surface area contributed by atoms with E-state index in [1.165, 1.54) is 22.4 Å². The number of hydrogen-bond acceptors (Lipinski definition) is 4. The van der Waals surface area contributed by atoms with E-state index in [2.05, 4.69) is 50.2 Å². The van der Waals surface area contributed by atoms with Gasteiger partial charge in [0.25, 0.3) is 0 Å². The maximum absolute atomic E-state index is 6.01. The normalized spacial score (nSPS) is 17.4. The maximum Gasteiger partial charge on any atom is 0.161 e. The third kappa shape index (κ3) is 5.60. The number of rotatable bonds is 9. The summed E-state index contributed by atoms with van der Waals surface area (Å²) in [6, 6.07) is 14.7. The first-order valence-electron chi connectivity index (χ1n) is 10.5. The van der Waals surface area contributed by atoms with Crippen LogP contribution in [0.2, 0.25) is 0 Å². The van der Waals surface area contributed by atoms with Gasteiger partial charge in [-0.2, -0.15) is 0 Å². The lowest BCUT2D eigenvalue weighted by molar-refractivity contribution is 0.170. The summed E-state index contributed by atoms with van der Waals surface area (Å²) >= 11 is 0. The minimum atomic E-state index is 0.590. The Kier molecular flexibility index (Phi) is 7.70. The SMILES string of the molecule is COCCCOc1cc2c(cc1OC)C(=NCc1ccccc1)CC(C(C)C)C2. The highest BCUT2D eigenvalue weighted by Gasteiger charge is 2.27. The number of hydrogen-bond donors (Lipinski definition) is 0. The molecular formula is C25H33NO3. The highest BCUT2D eigenvalue weighted by atomic mass is 16.5. The van der Waals surface area contributed by atoms with Crippen LogP contribution in [0.1, 0.15) is 43.4 Å². The van der Waals surface area contributed by atoms with Gasteiger partial charge >= 0.3 is 0 Å². The van der Waals surface area contributed by atoms with Crippen molar-refractivity contribution < 1.29 is 14.2 Å². The molecule has 0 aromatic heterocycles. The predicted molar refractivity (Wildman–Crippen MR) is 118 cm³/mol. The maximum atomic E-state index is 6.01. The van der Waals surface area contributed by atoms with Crippen LogP contribution >= 0.6 is 0 Å². The van der Waals surface area contributed by atoms with Crippen molar-refractivity contribution in [2.75, 3.05) is 27.4 Å². The summed E-state index contributed by atoms with van der Waals surface area (Å²) in [6.45, 7) is 6.62. The second kappa shape index (κ2) is 10.4. The van der Waals surface area contributed by atoms with Crippen LogP contribution < -0.4 is 9.47 Å². The minimum Gasteiger partial charge on any atom is -0.493 e. The molecule has 2 aromatic carbocycles. The standard InChI is InChI=1S/C25H33NO3/c1-18(2)20-13-21-15-25(29-12-8-11-27-3)24(28-4)16-22(21)23(14-20)26-17-19-9-6-5-7-10-19/h5-7,9-10,15-16,18,20H,8,11-14,17H2,1-4H3. The Hall–Kier alpha value is -2.33. The average Bonchev–Trinajstić information content (AvgIpc) is 2.74. The van der Waals surface area contributed by atoms with Crippen LogP contribution in [-0.4, -0.2) is 33.1 Å². The predicted octanol–water partition coefficient (Wildman–Crippen LogP) is 5.32. The molecule has 1 aliphatic carbocycles. The summed E-state index contributed by atoms with van der Waals surface area (Å²) < 4.78 is 16.8. The molecule has 0 aliphatic heterocycles. The van der Waals surface area contributed by atoms with E-state index in [1.807, 2.05) is 6.07 Å². The first-order chi connectivity index (χ1) is 14.1. The number of aliphatic imine (C=N–C) groups is 1. The lowest BCUT2D eigenvalue weighted by Crippen LogP contribution is -2.25. The van der Waals surface area contributed by atoms with Crippen molar-refractivity contribution in [3.8, 4) is 11.5 Å². The van der Waals surface area contributed by atoms with E-state index in [0.29, 0.717) is 31.6 Å². The van der Waals surface area contributed by atoms with Gasteiger partial charge in [0.2, 0.25) is 0 Å². The second-order valence-electron chi connectivity index (χ2n) is 8.02. The van der Waals surface area contributed by atoms with E-state index in [4.69, 9.17) is 19.2 Å². The Morgan fingerprint density at radius 1 is 1.00 bits per heavy atom. The van der Waals surface area contributed by atoms with E-state index in [9.17, 15) is 0 Å². The van der Waals surface area contributed by atoms with Gasteiger partial charge in [-0.05, 0) is 47.9 Å². The Bertz CT molecular complexity index is 814. The quantitative estimate of drug-likeness (QED) is 0.540. The van der Waals surface area contributed by atoms with Crippen LogP contribution in [0.5, 0.6) is 11.5 Å². The first-order valence-corrected chi connectivity index (χ1v) is 10.5. The molecule has 0 saturated heterocycles. The van der Waals surface area contributed by atoms with Gasteiger partial charge in [0.05, 0.1) is 20.3 Å². The molecule has 4 heteroatoms. The van der Waals surface area contributed by atoms with Crippen LogP contribution in [0.4, 0.5) is 0 Å². The molecule has 29 heavy (non-hydrogen) atoms. The fourth-order valence-corrected chi connectivity index (χ4v) is 3.80. The Morgan fingerprint density at radius 2 is 1.79 bits per heavy atom. The third-order valence-corrected chi connectivity index (χ3v) is 5.63. The molecular weight excluding hydrogens is 362 g/mol. The van der Waals surface area contributed by atoms with Crippen LogP contribution in [0.3, 0.4) is 0 Å². The lowest BCUT2D eigenvalue weighted by atomic mass is 9.77. The average molecular weight is 396 g/mol. The highest BCUT2D eigenvalue weighted by Crippen LogP contribution is 2.38. The number of methoxy groups -OCH3 is 2. The molecule has 0 amide bonds. The second-order valence-corrected chi connectivity index (χ2v) is 8.02. The van der Waals surface area contributed by atoms with Crippen LogP contribution in [-0.2, 0) is 17.7 Å². The largest absolute Gasteiger partial charge is 0.493 e. The van der Waals surface area contributed by atoms with Gasteiger partial charge in [0.15, 0.2) is 11.5 Å². The Balaban J connectivity index is 1.90. The van der Waals surface area contributed by atoms with E-state index in [-0.39, 0.29) is 0 Å². The molecule has 1 atom stereocenters. The summed E-state index contributed by atoms with van der Waals surface area (Å²) in [5.41, 5.74) is 4.93. The molecule has 0 N–H and O–H groups in total. The molecule has 1 aliphatic rings. The van der Waals surface area contributed by atoms with Gasteiger partial charge in [-0.15, -0.1) is 0 Å². The Labute approximate surface area is 174 Å². The van der Waals surface area contributed by atoms with Gasteiger partial charge in [-0.25, -0.2) is 0 Å². The van der Waals surface area contributed by atoms with Crippen LogP contribution in [0.15, 0.2) is 47.5 Å². The fourth-order valence-electron chi connectivity index (χ4n) is 3.80. The summed E-state index contributed by atoms with van der Waals surface area (Å²) in [4.78, 5) is 5.02. The van der Waals surface area contributed by atoms with Crippen molar-refractivity contribution in [3.63, 3.8) is 0 Å². The lowest BCUT2D eigenvalue weighted by Gasteiger charge is -2.30. The molecule has 0 saturated carbocycles. The zero-order valence-corrected chi connectivity index (χ0v) is 18.1. The molecule has 0 heterocycles. The van der Waals surface area contributed by atoms with E-state index in [1.54, 1.807) is 14.2 Å². The number of benzene rings is 2. The molecule has 3 rings (SSSR count). The minimum absolute atomic E-state index is 0.590. The van der Waals surface area contributed by atoms with Crippen LogP contribution in [0.25, 0.3) is 0 Å². The molecule has 0 bridgehead atoms. The van der Waals surface area contributed by atoms with E-state index >= 15 is 0 Å². The molecule has 2 aromatic rings. The molecule has 0 radical (unpaired) electrons. The van der Waals surface area contributed by atoms with Crippen molar-refractivity contribution in [1.29, 1.82) is 0 Å². The topological polar surface area (TPSA) is 40.0 Å². The fraction of sp³-hybridized carbons (Fsp3) is 0.480. The van der Waals surface area contributed by atoms with Gasteiger partial charge in [-0.1, -0.05) is 44.2 Å². The molecule has 1 unspecified atom stereocenters. The van der Waals surface area contributed by atoms with Gasteiger partial charge < -0.3 is 14.2 Å². The molecule has 0 spiro atoms. The van der Waals surface area contributed by atoms with Crippen molar-refractivity contribution in [2.24, 2.45) is 16.8 Å². The monoisotopic (exact) mass is 395 g/mol. The van der Waals surface area contributed by atoms with E-state index < -0.39 is 0 Å². The summed E-state index contributed by atoms with van der Waals surface area (Å²) in [5, 5.41) is 0. The first kappa shape index (κ1) is 21.4. The molecule has 156 valence electrons. The zero-order valence-electron chi connectivity index (χ0n) is 18.1. The van der Waals surface area contributed by atoms with Crippen molar-refractivity contribution >= 4 is 5.71 Å². The van der Waals surface area contributed by atoms with Gasteiger partial charge in [0.1, 0.15) is 0 Å². The van der Waals surface area contributed by atoms with Crippen LogP contribution in [0, 0.1) is 11.8 Å². The smallest absolute Gasteiger partial charge is 0.161 e. The van der Waals surface area contributed by atoms with Gasteiger partial charge in [-0.3, -0.25) is 4.99 Å². The van der Waals surface area contributed by atoms with Crippen molar-refractivity contribution in [1.82, 2.24) is 0 Å². The van der Waals surface area contributed by atoms with E-state index in [0.717, 1.165) is 30.8 Å². The number of ether oxygens (including phenoxy) is 3. The number of nitrogens with zero attached hydrogens (tertiary/aromatic N) is 1. The molecule has 0 fully saturated rings. The van der Waals surface area contributed by atoms with Gasteiger partial charge in [0, 0.05) is 31.4 Å². The van der Waals surface area contributed by atoms with Crippen molar-refractivity contribution in [2.45, 2.75) is 39.7 Å². The highest BCUT2D eigenvalue weighted by molar-refractivity contribution is 6.03. The zero-order chi connectivity index (χ0) is 20.6. The molecule has 4 nitrogen and oxygen atoms in total. The summed E-state index contributed by atoms with van der Waals surface area (Å²) in [5.74, 6) is 2.79. The third-order valence-electron chi connectivity index (χ3n) is 5.63. The summed E-state index contributed by atoms with van der Waals surface area (Å²) in [7, 11) is 3.41. The van der Waals surface area contributed by atoms with Crippen molar-refractivity contribution in [3.05, 3.63) is 59.2 Å². The Morgan fingerprint density at radius 3 is 2.48 bits per heavy atom.